The normalized spacial score (nSPS) is 18.3. The van der Waals surface area contributed by atoms with Crippen molar-refractivity contribution in [1.82, 2.24) is 10.0 Å². The molecule has 62 valence electrons. The number of hydrogen-bond acceptors (Lipinski definition) is 2. The quantitative estimate of drug-likeness (QED) is 0.622. The number of halogens is 1. The summed E-state index contributed by atoms with van der Waals surface area (Å²) in [5.41, 5.74) is 0. The van der Waals surface area contributed by atoms with Crippen molar-refractivity contribution in [3.8, 4) is 0 Å². The number of hydrogen-bond donors (Lipinski definition) is 0. The van der Waals surface area contributed by atoms with Crippen molar-refractivity contribution < 1.29 is 0 Å². The minimum atomic E-state index is 0. The standard InChI is InChI=1S/C7H16N2.ClH/c1-3-8(4-2)9-6-5-7-9;/h3-7H2,1-2H3;1H. The van der Waals surface area contributed by atoms with E-state index in [9.17, 15) is 0 Å². The second-order valence-electron chi connectivity index (χ2n) is 2.45. The molecule has 1 heterocycles. The van der Waals surface area contributed by atoms with Crippen LogP contribution in [0.25, 0.3) is 0 Å². The Bertz CT molecular complexity index is 79.7. The van der Waals surface area contributed by atoms with E-state index in [1.165, 1.54) is 19.5 Å². The van der Waals surface area contributed by atoms with E-state index in [-0.39, 0.29) is 12.4 Å². The number of rotatable bonds is 3. The molecule has 0 saturated carbocycles. The maximum atomic E-state index is 2.42. The van der Waals surface area contributed by atoms with Gasteiger partial charge in [-0.05, 0) is 6.42 Å². The van der Waals surface area contributed by atoms with E-state index in [4.69, 9.17) is 0 Å². The van der Waals surface area contributed by atoms with Crippen LogP contribution in [0.1, 0.15) is 20.3 Å². The molecular formula is C7H17ClN2. The first-order chi connectivity index (χ1) is 4.38. The molecule has 0 N–H and O–H groups in total. The molecule has 0 spiro atoms. The Morgan fingerprint density at radius 1 is 1.20 bits per heavy atom. The summed E-state index contributed by atoms with van der Waals surface area (Å²) >= 11 is 0. The second kappa shape index (κ2) is 4.94. The van der Waals surface area contributed by atoms with Crippen LogP contribution in [0.15, 0.2) is 0 Å². The van der Waals surface area contributed by atoms with Gasteiger partial charge in [-0.1, -0.05) is 13.8 Å². The Morgan fingerprint density at radius 2 is 1.70 bits per heavy atom. The molecule has 0 aromatic heterocycles. The minimum Gasteiger partial charge on any atom is -0.242 e. The van der Waals surface area contributed by atoms with Crippen LogP contribution in [0.5, 0.6) is 0 Å². The summed E-state index contributed by atoms with van der Waals surface area (Å²) in [4.78, 5) is 0. The average molecular weight is 165 g/mol. The fourth-order valence-corrected chi connectivity index (χ4v) is 1.21. The molecule has 10 heavy (non-hydrogen) atoms. The monoisotopic (exact) mass is 164 g/mol. The maximum absolute atomic E-state index is 2.42. The summed E-state index contributed by atoms with van der Waals surface area (Å²) in [5.74, 6) is 0. The van der Waals surface area contributed by atoms with Gasteiger partial charge in [0.05, 0.1) is 0 Å². The zero-order valence-electron chi connectivity index (χ0n) is 6.84. The van der Waals surface area contributed by atoms with Crippen molar-refractivity contribution in [3.63, 3.8) is 0 Å². The molecule has 0 bridgehead atoms. The van der Waals surface area contributed by atoms with E-state index in [1.807, 2.05) is 0 Å². The summed E-state index contributed by atoms with van der Waals surface area (Å²) in [6.07, 6.45) is 1.39. The molecule has 0 aromatic carbocycles. The molecule has 0 radical (unpaired) electrons. The Kier molecular flexibility index (Phi) is 5.04. The first-order valence-corrected chi connectivity index (χ1v) is 3.88. The topological polar surface area (TPSA) is 6.48 Å². The van der Waals surface area contributed by atoms with Crippen molar-refractivity contribution in [3.05, 3.63) is 0 Å². The lowest BCUT2D eigenvalue weighted by atomic mass is 10.3. The van der Waals surface area contributed by atoms with Crippen LogP contribution in [0.4, 0.5) is 0 Å². The first-order valence-electron chi connectivity index (χ1n) is 3.88. The summed E-state index contributed by atoms with van der Waals surface area (Å²) in [6.45, 7) is 9.31. The van der Waals surface area contributed by atoms with Gasteiger partial charge in [-0.25, -0.2) is 10.0 Å². The molecular weight excluding hydrogens is 148 g/mol. The van der Waals surface area contributed by atoms with Crippen molar-refractivity contribution in [1.29, 1.82) is 0 Å². The predicted octanol–water partition coefficient (Wildman–Crippen LogP) is 1.37. The van der Waals surface area contributed by atoms with Gasteiger partial charge in [0.15, 0.2) is 0 Å². The van der Waals surface area contributed by atoms with Crippen LogP contribution in [0, 0.1) is 0 Å². The van der Waals surface area contributed by atoms with E-state index in [0.29, 0.717) is 0 Å². The molecule has 1 rings (SSSR count). The molecule has 1 saturated heterocycles. The van der Waals surface area contributed by atoms with Crippen molar-refractivity contribution in [2.45, 2.75) is 20.3 Å². The smallest absolute Gasteiger partial charge is 0.0146 e. The van der Waals surface area contributed by atoms with E-state index in [2.05, 4.69) is 23.9 Å². The third-order valence-electron chi connectivity index (χ3n) is 1.96. The van der Waals surface area contributed by atoms with Crippen molar-refractivity contribution in [2.24, 2.45) is 0 Å². The lowest BCUT2D eigenvalue weighted by molar-refractivity contribution is -0.0646. The van der Waals surface area contributed by atoms with Gasteiger partial charge in [0.25, 0.3) is 0 Å². The van der Waals surface area contributed by atoms with E-state index < -0.39 is 0 Å². The third-order valence-corrected chi connectivity index (χ3v) is 1.96. The predicted molar refractivity (Wildman–Crippen MR) is 46.4 cm³/mol. The Morgan fingerprint density at radius 3 is 1.80 bits per heavy atom. The molecule has 0 amide bonds. The lowest BCUT2D eigenvalue weighted by Gasteiger charge is -2.39. The zero-order chi connectivity index (χ0) is 6.69. The molecule has 2 nitrogen and oxygen atoms in total. The minimum absolute atomic E-state index is 0. The van der Waals surface area contributed by atoms with Gasteiger partial charge in [-0.3, -0.25) is 0 Å². The van der Waals surface area contributed by atoms with Crippen LogP contribution in [-0.2, 0) is 0 Å². The number of hydrazine groups is 1. The summed E-state index contributed by atoms with van der Waals surface area (Å²) in [7, 11) is 0. The molecule has 1 fully saturated rings. The van der Waals surface area contributed by atoms with Gasteiger partial charge in [-0.15, -0.1) is 12.4 Å². The Hall–Kier alpha value is 0.210. The molecule has 1 aliphatic rings. The van der Waals surface area contributed by atoms with E-state index in [0.717, 1.165) is 13.1 Å². The first kappa shape index (κ1) is 10.2. The van der Waals surface area contributed by atoms with Gasteiger partial charge in [-0.2, -0.15) is 0 Å². The second-order valence-corrected chi connectivity index (χ2v) is 2.45. The summed E-state index contributed by atoms with van der Waals surface area (Å²) < 4.78 is 0. The highest BCUT2D eigenvalue weighted by Crippen LogP contribution is 2.08. The van der Waals surface area contributed by atoms with E-state index >= 15 is 0 Å². The summed E-state index contributed by atoms with van der Waals surface area (Å²) in [5, 5.41) is 4.81. The molecule has 0 aromatic rings. The zero-order valence-corrected chi connectivity index (χ0v) is 7.65. The largest absolute Gasteiger partial charge is 0.242 e. The molecule has 0 unspecified atom stereocenters. The van der Waals surface area contributed by atoms with Crippen LogP contribution in [-0.4, -0.2) is 36.2 Å². The SMILES string of the molecule is CCN(CC)N1CCC1.Cl. The van der Waals surface area contributed by atoms with Gasteiger partial charge in [0.1, 0.15) is 0 Å². The lowest BCUT2D eigenvalue weighted by Crippen LogP contribution is -2.50. The van der Waals surface area contributed by atoms with Crippen molar-refractivity contribution >= 4 is 12.4 Å². The van der Waals surface area contributed by atoms with Crippen LogP contribution >= 0.6 is 12.4 Å². The van der Waals surface area contributed by atoms with E-state index in [1.54, 1.807) is 0 Å². The van der Waals surface area contributed by atoms with Crippen LogP contribution < -0.4 is 0 Å². The highest BCUT2D eigenvalue weighted by Gasteiger charge is 2.17. The van der Waals surface area contributed by atoms with Crippen LogP contribution in [0.3, 0.4) is 0 Å². The highest BCUT2D eigenvalue weighted by atomic mass is 35.5. The molecule has 3 heteroatoms. The third kappa shape index (κ3) is 2.11. The maximum Gasteiger partial charge on any atom is 0.0146 e. The molecule has 0 atom stereocenters. The molecule has 0 aliphatic carbocycles. The van der Waals surface area contributed by atoms with Gasteiger partial charge in [0, 0.05) is 26.2 Å². The molecule has 1 aliphatic heterocycles. The summed E-state index contributed by atoms with van der Waals surface area (Å²) in [6, 6.07) is 0. The van der Waals surface area contributed by atoms with Gasteiger partial charge >= 0.3 is 0 Å². The Labute approximate surface area is 69.6 Å². The fourth-order valence-electron chi connectivity index (χ4n) is 1.21. The fraction of sp³-hybridized carbons (Fsp3) is 1.00. The Balaban J connectivity index is 0.000000810. The highest BCUT2D eigenvalue weighted by molar-refractivity contribution is 5.85. The van der Waals surface area contributed by atoms with Crippen molar-refractivity contribution in [2.75, 3.05) is 26.2 Å². The number of nitrogens with zero attached hydrogens (tertiary/aromatic N) is 2. The van der Waals surface area contributed by atoms with Gasteiger partial charge < -0.3 is 0 Å². The average Bonchev–Trinajstić information content (AvgIpc) is 1.78. The van der Waals surface area contributed by atoms with Crippen LogP contribution in [0.2, 0.25) is 0 Å². The van der Waals surface area contributed by atoms with Gasteiger partial charge in [0.2, 0.25) is 0 Å².